The van der Waals surface area contributed by atoms with Gasteiger partial charge in [0.1, 0.15) is 5.03 Å². The third-order valence-corrected chi connectivity index (χ3v) is 4.61. The first-order chi connectivity index (χ1) is 9.11. The summed E-state index contributed by atoms with van der Waals surface area (Å²) < 4.78 is 3.07. The highest BCUT2D eigenvalue weighted by atomic mass is 79.9. The summed E-state index contributed by atoms with van der Waals surface area (Å²) in [5.41, 5.74) is 2.39. The highest BCUT2D eigenvalue weighted by molar-refractivity contribution is 9.10. The fourth-order valence-electron chi connectivity index (χ4n) is 1.88. The van der Waals surface area contributed by atoms with Crippen molar-refractivity contribution in [2.75, 3.05) is 6.54 Å². The molecular weight excluding hydrogens is 322 g/mol. The van der Waals surface area contributed by atoms with E-state index in [4.69, 9.17) is 0 Å². The largest absolute Gasteiger partial charge is 0.313 e. The van der Waals surface area contributed by atoms with Crippen molar-refractivity contribution in [3.05, 3.63) is 40.0 Å². The lowest BCUT2D eigenvalue weighted by Crippen LogP contribution is -2.12. The highest BCUT2D eigenvalue weighted by Gasteiger charge is 2.13. The van der Waals surface area contributed by atoms with E-state index in [1.54, 1.807) is 11.8 Å². The predicted molar refractivity (Wildman–Crippen MR) is 83.6 cm³/mol. The molecule has 0 aliphatic heterocycles. The number of nitrogens with zero attached hydrogens (tertiary/aromatic N) is 2. The minimum absolute atomic E-state index is 0.870. The number of aryl methyl sites for hydroxylation is 2. The van der Waals surface area contributed by atoms with E-state index in [1.807, 2.05) is 11.7 Å². The van der Waals surface area contributed by atoms with E-state index in [9.17, 15) is 0 Å². The summed E-state index contributed by atoms with van der Waals surface area (Å²) in [6, 6.07) is 8.37. The topological polar surface area (TPSA) is 29.9 Å². The molecule has 0 unspecified atom stereocenters. The molecule has 0 aliphatic rings. The monoisotopic (exact) mass is 339 g/mol. The first-order valence-electron chi connectivity index (χ1n) is 6.28. The number of hydrogen-bond donors (Lipinski definition) is 1. The molecule has 2 rings (SSSR count). The normalized spacial score (nSPS) is 10.9. The van der Waals surface area contributed by atoms with Crippen LogP contribution in [-0.2, 0) is 13.6 Å². The van der Waals surface area contributed by atoms with E-state index in [0.717, 1.165) is 23.3 Å². The zero-order valence-electron chi connectivity index (χ0n) is 11.4. The zero-order chi connectivity index (χ0) is 13.8. The Balaban J connectivity index is 2.25. The molecule has 1 aromatic heterocycles. The van der Waals surface area contributed by atoms with Crippen LogP contribution in [-0.4, -0.2) is 16.3 Å². The van der Waals surface area contributed by atoms with Crippen molar-refractivity contribution in [1.82, 2.24) is 15.1 Å². The van der Waals surface area contributed by atoms with Crippen molar-refractivity contribution >= 4 is 27.7 Å². The lowest BCUT2D eigenvalue weighted by molar-refractivity contribution is 0.674. The second kappa shape index (κ2) is 6.59. The Morgan fingerprint density at radius 2 is 2.00 bits per heavy atom. The van der Waals surface area contributed by atoms with Crippen LogP contribution in [0.4, 0.5) is 0 Å². The summed E-state index contributed by atoms with van der Waals surface area (Å²) in [5.74, 6) is 0. The Labute approximate surface area is 126 Å². The Kier molecular flexibility index (Phi) is 5.07. The quantitative estimate of drug-likeness (QED) is 0.899. The second-order valence-corrected chi connectivity index (χ2v) is 6.31. The van der Waals surface area contributed by atoms with Crippen LogP contribution in [0, 0.1) is 6.92 Å². The van der Waals surface area contributed by atoms with Gasteiger partial charge in [-0.2, -0.15) is 5.10 Å². The van der Waals surface area contributed by atoms with Crippen LogP contribution in [0.1, 0.15) is 18.2 Å². The van der Waals surface area contributed by atoms with E-state index in [1.165, 1.54) is 15.5 Å². The van der Waals surface area contributed by atoms with Crippen molar-refractivity contribution in [2.24, 2.45) is 7.05 Å². The molecular formula is C14H18BrN3S. The van der Waals surface area contributed by atoms with E-state index >= 15 is 0 Å². The first-order valence-corrected chi connectivity index (χ1v) is 7.89. The summed E-state index contributed by atoms with van der Waals surface area (Å²) in [5, 5.41) is 9.11. The lowest BCUT2D eigenvalue weighted by atomic mass is 10.2. The maximum atomic E-state index is 4.52. The molecule has 0 atom stereocenters. The summed E-state index contributed by atoms with van der Waals surface area (Å²) >= 11 is 5.22. The molecule has 1 heterocycles. The van der Waals surface area contributed by atoms with Crippen molar-refractivity contribution in [2.45, 2.75) is 30.3 Å². The molecule has 19 heavy (non-hydrogen) atoms. The molecule has 0 saturated carbocycles. The Hall–Kier alpha value is -0.780. The predicted octanol–water partition coefficient (Wildman–Crippen LogP) is 3.75. The molecule has 0 radical (unpaired) electrons. The van der Waals surface area contributed by atoms with Gasteiger partial charge in [-0.3, -0.25) is 4.68 Å². The average molecular weight is 340 g/mol. The molecule has 5 heteroatoms. The van der Waals surface area contributed by atoms with Gasteiger partial charge in [0, 0.05) is 28.5 Å². The average Bonchev–Trinajstić information content (AvgIpc) is 2.65. The van der Waals surface area contributed by atoms with E-state index in [2.05, 4.69) is 64.5 Å². The van der Waals surface area contributed by atoms with Crippen molar-refractivity contribution in [1.29, 1.82) is 0 Å². The van der Waals surface area contributed by atoms with Gasteiger partial charge in [-0.05, 0) is 37.7 Å². The van der Waals surface area contributed by atoms with Crippen LogP contribution in [0.3, 0.4) is 0 Å². The van der Waals surface area contributed by atoms with Gasteiger partial charge in [0.25, 0.3) is 0 Å². The minimum Gasteiger partial charge on any atom is -0.313 e. The molecule has 2 aromatic rings. The number of benzene rings is 1. The third kappa shape index (κ3) is 3.61. The molecule has 0 spiro atoms. The summed E-state index contributed by atoms with van der Waals surface area (Å²) in [7, 11) is 2.00. The summed E-state index contributed by atoms with van der Waals surface area (Å²) in [4.78, 5) is 1.23. The molecule has 0 bridgehead atoms. The number of rotatable bonds is 5. The van der Waals surface area contributed by atoms with E-state index in [-0.39, 0.29) is 0 Å². The van der Waals surface area contributed by atoms with Crippen molar-refractivity contribution < 1.29 is 0 Å². The van der Waals surface area contributed by atoms with Gasteiger partial charge >= 0.3 is 0 Å². The molecule has 0 saturated heterocycles. The smallest absolute Gasteiger partial charge is 0.103 e. The van der Waals surface area contributed by atoms with Crippen LogP contribution in [0.15, 0.2) is 38.7 Å². The van der Waals surface area contributed by atoms with Gasteiger partial charge in [0.15, 0.2) is 0 Å². The number of aromatic nitrogens is 2. The van der Waals surface area contributed by atoms with Gasteiger partial charge in [-0.15, -0.1) is 0 Å². The van der Waals surface area contributed by atoms with Crippen molar-refractivity contribution in [3.63, 3.8) is 0 Å². The highest BCUT2D eigenvalue weighted by Crippen LogP contribution is 2.32. The van der Waals surface area contributed by atoms with Crippen LogP contribution in [0.25, 0.3) is 0 Å². The van der Waals surface area contributed by atoms with Gasteiger partial charge in [0.2, 0.25) is 0 Å². The summed E-state index contributed by atoms with van der Waals surface area (Å²) in [6.07, 6.45) is 0. The standard InChI is InChI=1S/C14H18BrN3S/c1-4-16-9-13-10(2)17-18(3)14(13)19-12-7-5-11(15)6-8-12/h5-8,16H,4,9H2,1-3H3. The number of nitrogens with one attached hydrogen (secondary N) is 1. The molecule has 0 fully saturated rings. The van der Waals surface area contributed by atoms with Gasteiger partial charge < -0.3 is 5.32 Å². The van der Waals surface area contributed by atoms with Crippen molar-refractivity contribution in [3.8, 4) is 0 Å². The molecule has 3 nitrogen and oxygen atoms in total. The molecule has 0 aliphatic carbocycles. The van der Waals surface area contributed by atoms with Crippen LogP contribution in [0.2, 0.25) is 0 Å². The maximum Gasteiger partial charge on any atom is 0.103 e. The Bertz CT molecular complexity index is 549. The van der Waals surface area contributed by atoms with Crippen LogP contribution in [0.5, 0.6) is 0 Å². The van der Waals surface area contributed by atoms with Gasteiger partial charge in [-0.25, -0.2) is 0 Å². The molecule has 0 amide bonds. The maximum absolute atomic E-state index is 4.52. The first kappa shape index (κ1) is 14.6. The molecule has 1 aromatic carbocycles. The molecule has 102 valence electrons. The minimum atomic E-state index is 0.870. The number of hydrogen-bond acceptors (Lipinski definition) is 3. The van der Waals surface area contributed by atoms with E-state index in [0.29, 0.717) is 0 Å². The summed E-state index contributed by atoms with van der Waals surface area (Å²) in [6.45, 7) is 6.03. The van der Waals surface area contributed by atoms with Gasteiger partial charge in [0.05, 0.1) is 5.69 Å². The fraction of sp³-hybridized carbons (Fsp3) is 0.357. The Morgan fingerprint density at radius 1 is 1.32 bits per heavy atom. The second-order valence-electron chi connectivity index (χ2n) is 4.33. The third-order valence-electron chi connectivity index (χ3n) is 2.87. The van der Waals surface area contributed by atoms with E-state index < -0.39 is 0 Å². The SMILES string of the molecule is CCNCc1c(C)nn(C)c1Sc1ccc(Br)cc1. The zero-order valence-corrected chi connectivity index (χ0v) is 13.8. The Morgan fingerprint density at radius 3 is 2.63 bits per heavy atom. The van der Waals surface area contributed by atoms with Crippen LogP contribution < -0.4 is 5.32 Å². The molecule has 1 N–H and O–H groups in total. The number of halogens is 1. The van der Waals surface area contributed by atoms with Gasteiger partial charge in [-0.1, -0.05) is 34.6 Å². The lowest BCUT2D eigenvalue weighted by Gasteiger charge is -2.07. The van der Waals surface area contributed by atoms with Crippen LogP contribution >= 0.6 is 27.7 Å². The fourth-order valence-corrected chi connectivity index (χ4v) is 3.15.